The number of nitrogens with zero attached hydrogens (tertiary/aromatic N) is 4. The fourth-order valence-corrected chi connectivity index (χ4v) is 6.64. The lowest BCUT2D eigenvalue weighted by atomic mass is 9.90. The van der Waals surface area contributed by atoms with E-state index < -0.39 is 42.5 Å². The van der Waals surface area contributed by atoms with Gasteiger partial charge in [0.05, 0.1) is 18.3 Å². The minimum absolute atomic E-state index is 0.0375. The zero-order valence-corrected chi connectivity index (χ0v) is 20.0. The Morgan fingerprint density at radius 3 is 2.41 bits per heavy atom. The van der Waals surface area contributed by atoms with Gasteiger partial charge in [0, 0.05) is 37.9 Å². The third-order valence-corrected chi connectivity index (χ3v) is 8.41. The van der Waals surface area contributed by atoms with Gasteiger partial charge in [-0.2, -0.15) is 5.11 Å². The van der Waals surface area contributed by atoms with Gasteiger partial charge in [0.25, 0.3) is 0 Å². The number of hydrogen-bond donors (Lipinski definition) is 6. The summed E-state index contributed by atoms with van der Waals surface area (Å²) in [6, 6.07) is 2.26. The van der Waals surface area contributed by atoms with Crippen molar-refractivity contribution in [1.82, 2.24) is 4.72 Å². The number of rotatable bonds is 10. The number of benzene rings is 1. The molecule has 0 spiro atoms. The number of aliphatic imine (C=N–C) groups is 1. The maximum atomic E-state index is 13.0. The fraction of sp³-hybridized carbons (Fsp3) is 0.611. The van der Waals surface area contributed by atoms with Crippen LogP contribution >= 0.6 is 0 Å². The van der Waals surface area contributed by atoms with Crippen molar-refractivity contribution in [3.05, 3.63) is 17.7 Å². The highest BCUT2D eigenvalue weighted by Crippen LogP contribution is 2.36. The Balaban J connectivity index is 2.12. The van der Waals surface area contributed by atoms with Crippen molar-refractivity contribution < 1.29 is 27.0 Å². The first-order valence-electron chi connectivity index (χ1n) is 10.6. The van der Waals surface area contributed by atoms with Crippen LogP contribution in [0.2, 0.25) is 0 Å². The van der Waals surface area contributed by atoms with E-state index in [1.165, 1.54) is 6.07 Å². The first-order chi connectivity index (χ1) is 16.0. The number of sulfonamides is 2. The summed E-state index contributed by atoms with van der Waals surface area (Å²) >= 11 is 0. The van der Waals surface area contributed by atoms with Gasteiger partial charge >= 0.3 is 0 Å². The summed E-state index contributed by atoms with van der Waals surface area (Å²) in [6.07, 6.45) is 0.114. The summed E-state index contributed by atoms with van der Waals surface area (Å²) in [5.41, 5.74) is 11.6. The Hall–Kier alpha value is -2.05. The number of hydrogen-bond acceptors (Lipinski definition) is 12. The lowest BCUT2D eigenvalue weighted by molar-refractivity contribution is 0.186. The average Bonchev–Trinajstić information content (AvgIpc) is 3.35. The molecule has 1 saturated heterocycles. The summed E-state index contributed by atoms with van der Waals surface area (Å²) < 4.78 is 53.6. The molecule has 14 nitrogen and oxygen atoms in total. The maximum absolute atomic E-state index is 13.0. The molecule has 0 amide bonds. The lowest BCUT2D eigenvalue weighted by Gasteiger charge is -2.36. The Bertz CT molecular complexity index is 1160. The number of piperidine rings is 1. The van der Waals surface area contributed by atoms with Gasteiger partial charge in [-0.25, -0.2) is 31.7 Å². The number of primary sulfonamides is 1. The molecule has 2 heterocycles. The molecule has 0 aromatic heterocycles. The normalized spacial score (nSPS) is 19.3. The van der Waals surface area contributed by atoms with Crippen LogP contribution in [0.15, 0.2) is 37.1 Å². The van der Waals surface area contributed by atoms with E-state index >= 15 is 0 Å². The molecule has 190 valence electrons. The minimum atomic E-state index is -4.59. The molecular weight excluding hydrogens is 488 g/mol. The Morgan fingerprint density at radius 2 is 1.88 bits per heavy atom. The van der Waals surface area contributed by atoms with Gasteiger partial charge in [-0.3, -0.25) is 0 Å². The third kappa shape index (κ3) is 5.77. The van der Waals surface area contributed by atoms with Crippen LogP contribution < -0.4 is 26.2 Å². The van der Waals surface area contributed by atoms with E-state index in [0.29, 0.717) is 31.6 Å². The van der Waals surface area contributed by atoms with Crippen molar-refractivity contribution >= 4 is 31.6 Å². The molecule has 0 bridgehead atoms. The van der Waals surface area contributed by atoms with Crippen LogP contribution in [0.3, 0.4) is 0 Å². The average molecular weight is 519 g/mol. The van der Waals surface area contributed by atoms with E-state index in [1.54, 1.807) is 0 Å². The van der Waals surface area contributed by atoms with Crippen LogP contribution in [0.25, 0.3) is 0 Å². The van der Waals surface area contributed by atoms with Crippen molar-refractivity contribution in [2.45, 2.75) is 34.8 Å². The largest absolute Gasteiger partial charge is 0.395 e. The minimum Gasteiger partial charge on any atom is -0.395 e. The van der Waals surface area contributed by atoms with Crippen molar-refractivity contribution in [1.29, 1.82) is 0 Å². The molecule has 1 aromatic rings. The van der Waals surface area contributed by atoms with E-state index in [9.17, 15) is 27.0 Å². The van der Waals surface area contributed by atoms with Gasteiger partial charge < -0.3 is 26.6 Å². The van der Waals surface area contributed by atoms with Crippen LogP contribution in [0, 0.1) is 5.92 Å². The summed E-state index contributed by atoms with van der Waals surface area (Å²) in [6.45, 7) is 0.173. The number of aliphatic hydroxyl groups is 2. The van der Waals surface area contributed by atoms with Crippen molar-refractivity contribution in [2.24, 2.45) is 37.7 Å². The molecule has 3 rings (SSSR count). The number of nitrogens with two attached hydrogens (primary N) is 3. The van der Waals surface area contributed by atoms with Crippen LogP contribution in [-0.4, -0.2) is 84.5 Å². The molecule has 34 heavy (non-hydrogen) atoms. The highest BCUT2D eigenvalue weighted by Gasteiger charge is 2.35. The maximum Gasteiger partial charge on any atom is 0.242 e. The van der Waals surface area contributed by atoms with E-state index in [1.807, 2.05) is 4.90 Å². The molecule has 2 aliphatic heterocycles. The predicted molar refractivity (Wildman–Crippen MR) is 124 cm³/mol. The van der Waals surface area contributed by atoms with Crippen LogP contribution in [-0.2, 0) is 20.0 Å². The summed E-state index contributed by atoms with van der Waals surface area (Å²) in [7, 11) is -9.00. The number of nitrogens with one attached hydrogen (secondary N) is 1. The van der Waals surface area contributed by atoms with Crippen molar-refractivity contribution in [2.75, 3.05) is 44.4 Å². The van der Waals surface area contributed by atoms with Gasteiger partial charge in [-0.1, -0.05) is 0 Å². The van der Waals surface area contributed by atoms with E-state index in [2.05, 4.69) is 19.9 Å². The molecule has 0 aliphatic carbocycles. The van der Waals surface area contributed by atoms with Crippen LogP contribution in [0.4, 0.5) is 5.69 Å². The first-order valence-corrected chi connectivity index (χ1v) is 13.6. The number of aliphatic hydroxyl groups excluding tert-OH is 2. The predicted octanol–water partition coefficient (Wildman–Crippen LogP) is -2.36. The Labute approximate surface area is 198 Å². The molecule has 16 heteroatoms. The number of amidine groups is 1. The smallest absolute Gasteiger partial charge is 0.242 e. The van der Waals surface area contributed by atoms with Gasteiger partial charge in [-0.05, 0) is 30.9 Å². The van der Waals surface area contributed by atoms with Crippen molar-refractivity contribution in [3.63, 3.8) is 0 Å². The highest BCUT2D eigenvalue weighted by atomic mass is 32.2. The third-order valence-electron chi connectivity index (χ3n) is 5.82. The highest BCUT2D eigenvalue weighted by molar-refractivity contribution is 7.92. The standard InChI is InChI=1S/C18H30N8O6S2/c19-7-12(28)8-24-34(31,32)15-2-1-14(26-5-3-11(4-6-26)13(20)9-27)16(17(15)33(21,29)30)18-22-10-23-25-18/h1-2,11-13,24,27-28H,3-10,19-20H2,(H2,21,29,30)/t12-,13+/m1/s1. The molecule has 1 aromatic carbocycles. The summed E-state index contributed by atoms with van der Waals surface area (Å²) in [5, 5.41) is 32.2. The molecular formula is C18H30N8O6S2. The Kier molecular flexibility index (Phi) is 8.35. The van der Waals surface area contributed by atoms with Gasteiger partial charge in [0.1, 0.15) is 9.79 Å². The molecule has 1 fully saturated rings. The van der Waals surface area contributed by atoms with Crippen LogP contribution in [0.1, 0.15) is 18.4 Å². The molecule has 2 aliphatic rings. The molecule has 0 saturated carbocycles. The quantitative estimate of drug-likeness (QED) is 0.194. The van der Waals surface area contributed by atoms with E-state index in [4.69, 9.17) is 16.6 Å². The van der Waals surface area contributed by atoms with E-state index in [-0.39, 0.29) is 43.2 Å². The zero-order valence-electron chi connectivity index (χ0n) is 18.4. The van der Waals surface area contributed by atoms with E-state index in [0.717, 1.165) is 6.07 Å². The topological polar surface area (TPSA) is 239 Å². The molecule has 0 unspecified atom stereocenters. The first kappa shape index (κ1) is 26.6. The summed E-state index contributed by atoms with van der Waals surface area (Å²) in [5.74, 6) is 0.0380. The van der Waals surface area contributed by atoms with Crippen LogP contribution in [0.5, 0.6) is 0 Å². The molecule has 9 N–H and O–H groups in total. The molecule has 2 atom stereocenters. The van der Waals surface area contributed by atoms with Crippen molar-refractivity contribution in [3.8, 4) is 0 Å². The monoisotopic (exact) mass is 518 g/mol. The van der Waals surface area contributed by atoms with Gasteiger partial charge in [-0.15, -0.1) is 5.11 Å². The number of anilines is 1. The Morgan fingerprint density at radius 1 is 1.21 bits per heavy atom. The molecule has 0 radical (unpaired) electrons. The number of azo groups is 1. The fourth-order valence-electron chi connectivity index (χ4n) is 3.97. The van der Waals surface area contributed by atoms with Gasteiger partial charge in [0.15, 0.2) is 12.5 Å². The second-order valence-corrected chi connectivity index (χ2v) is 11.3. The second-order valence-electron chi connectivity index (χ2n) is 8.11. The lowest BCUT2D eigenvalue weighted by Crippen LogP contribution is -2.43. The zero-order chi connectivity index (χ0) is 25.1. The summed E-state index contributed by atoms with van der Waals surface area (Å²) in [4.78, 5) is 4.74. The van der Waals surface area contributed by atoms with Gasteiger partial charge in [0.2, 0.25) is 20.0 Å². The SMILES string of the molecule is NC[C@@H](O)CNS(=O)(=O)c1ccc(N2CCC([C@@H](N)CO)CC2)c(C2=NCN=N2)c1S(N)(=O)=O. The second kappa shape index (κ2) is 10.7.